The first kappa shape index (κ1) is 13.8. The van der Waals surface area contributed by atoms with Gasteiger partial charge >= 0.3 is 0 Å². The van der Waals surface area contributed by atoms with Gasteiger partial charge in [-0.2, -0.15) is 0 Å². The smallest absolute Gasteiger partial charge is 0.137 e. The van der Waals surface area contributed by atoms with Crippen LogP contribution in [0.2, 0.25) is 0 Å². The lowest BCUT2D eigenvalue weighted by atomic mass is 9.88. The normalized spacial score (nSPS) is 27.9. The van der Waals surface area contributed by atoms with E-state index in [-0.39, 0.29) is 0 Å². The summed E-state index contributed by atoms with van der Waals surface area (Å²) < 4.78 is 0. The first-order valence-electron chi connectivity index (χ1n) is 8.06. The van der Waals surface area contributed by atoms with Crippen LogP contribution in [-0.2, 0) is 11.3 Å². The quantitative estimate of drug-likeness (QED) is 0.835. The van der Waals surface area contributed by atoms with Gasteiger partial charge in [0.25, 0.3) is 0 Å². The lowest BCUT2D eigenvalue weighted by Gasteiger charge is -2.38. The SMILES string of the molecule is Cc1cccc(CN2CCCCC2C2CCCC2=O)c1. The molecule has 0 spiro atoms. The number of hydrogen-bond acceptors (Lipinski definition) is 2. The van der Waals surface area contributed by atoms with Gasteiger partial charge < -0.3 is 0 Å². The summed E-state index contributed by atoms with van der Waals surface area (Å²) in [5.74, 6) is 0.839. The highest BCUT2D eigenvalue weighted by atomic mass is 16.1. The van der Waals surface area contributed by atoms with E-state index in [9.17, 15) is 4.79 Å². The number of rotatable bonds is 3. The Kier molecular flexibility index (Phi) is 4.21. The molecule has 2 aliphatic rings. The third kappa shape index (κ3) is 2.95. The molecule has 2 atom stereocenters. The molecule has 2 fully saturated rings. The summed E-state index contributed by atoms with van der Waals surface area (Å²) in [5, 5.41) is 0. The molecule has 0 bridgehead atoms. The number of ketones is 1. The molecule has 0 amide bonds. The molecule has 1 saturated carbocycles. The fourth-order valence-electron chi connectivity index (χ4n) is 3.96. The fourth-order valence-corrected chi connectivity index (χ4v) is 3.96. The van der Waals surface area contributed by atoms with Crippen LogP contribution in [0, 0.1) is 12.8 Å². The lowest BCUT2D eigenvalue weighted by Crippen LogP contribution is -2.44. The molecule has 1 aromatic carbocycles. The number of carbonyl (C=O) groups is 1. The van der Waals surface area contributed by atoms with Crippen molar-refractivity contribution in [3.8, 4) is 0 Å². The van der Waals surface area contributed by atoms with Gasteiger partial charge in [0.15, 0.2) is 0 Å². The van der Waals surface area contributed by atoms with Crippen LogP contribution in [0.3, 0.4) is 0 Å². The third-order valence-corrected chi connectivity index (χ3v) is 4.95. The van der Waals surface area contributed by atoms with Gasteiger partial charge in [0, 0.05) is 24.9 Å². The Bertz CT molecular complexity index is 482. The first-order valence-corrected chi connectivity index (χ1v) is 8.06. The topological polar surface area (TPSA) is 20.3 Å². The van der Waals surface area contributed by atoms with Gasteiger partial charge in [-0.3, -0.25) is 9.69 Å². The molecule has 0 aromatic heterocycles. The molecular formula is C18H25NO. The van der Waals surface area contributed by atoms with E-state index < -0.39 is 0 Å². The van der Waals surface area contributed by atoms with Gasteiger partial charge in [-0.1, -0.05) is 36.2 Å². The van der Waals surface area contributed by atoms with Gasteiger partial charge in [-0.15, -0.1) is 0 Å². The van der Waals surface area contributed by atoms with Gasteiger partial charge in [0.1, 0.15) is 5.78 Å². The Balaban J connectivity index is 1.73. The largest absolute Gasteiger partial charge is 0.299 e. The molecule has 1 aromatic rings. The molecule has 1 heterocycles. The number of Topliss-reactive ketones (excluding diaryl/α,β-unsaturated/α-hetero) is 1. The molecular weight excluding hydrogens is 246 g/mol. The van der Waals surface area contributed by atoms with Crippen LogP contribution in [0.5, 0.6) is 0 Å². The maximum atomic E-state index is 12.1. The second-order valence-corrected chi connectivity index (χ2v) is 6.49. The van der Waals surface area contributed by atoms with Crippen molar-refractivity contribution in [1.29, 1.82) is 0 Å². The zero-order valence-corrected chi connectivity index (χ0v) is 12.5. The minimum Gasteiger partial charge on any atom is -0.299 e. The zero-order valence-electron chi connectivity index (χ0n) is 12.5. The predicted octanol–water partition coefficient (Wildman–Crippen LogP) is 3.72. The molecule has 0 radical (unpaired) electrons. The third-order valence-electron chi connectivity index (χ3n) is 4.95. The van der Waals surface area contributed by atoms with Gasteiger partial charge in [0.2, 0.25) is 0 Å². The number of benzene rings is 1. The van der Waals surface area contributed by atoms with Crippen LogP contribution >= 0.6 is 0 Å². The molecule has 2 nitrogen and oxygen atoms in total. The van der Waals surface area contributed by atoms with Crippen LogP contribution in [0.4, 0.5) is 0 Å². The van der Waals surface area contributed by atoms with Crippen molar-refractivity contribution >= 4 is 5.78 Å². The van der Waals surface area contributed by atoms with Crippen LogP contribution < -0.4 is 0 Å². The van der Waals surface area contributed by atoms with Crippen molar-refractivity contribution in [3.05, 3.63) is 35.4 Å². The van der Waals surface area contributed by atoms with Crippen molar-refractivity contribution in [2.24, 2.45) is 5.92 Å². The Morgan fingerprint density at radius 3 is 2.85 bits per heavy atom. The fraction of sp³-hybridized carbons (Fsp3) is 0.611. The van der Waals surface area contributed by atoms with Crippen molar-refractivity contribution in [3.63, 3.8) is 0 Å². The number of carbonyl (C=O) groups excluding carboxylic acids is 1. The van der Waals surface area contributed by atoms with E-state index in [1.54, 1.807) is 0 Å². The molecule has 1 aliphatic heterocycles. The summed E-state index contributed by atoms with van der Waals surface area (Å²) in [5.41, 5.74) is 2.72. The second kappa shape index (κ2) is 6.09. The van der Waals surface area contributed by atoms with Gasteiger partial charge in [-0.05, 0) is 44.7 Å². The molecule has 2 heteroatoms. The number of likely N-dealkylation sites (tertiary alicyclic amines) is 1. The molecule has 1 aliphatic carbocycles. The second-order valence-electron chi connectivity index (χ2n) is 6.49. The summed E-state index contributed by atoms with van der Waals surface area (Å²) in [6.45, 7) is 4.32. The standard InChI is InChI=1S/C18H25NO/c1-14-6-4-7-15(12-14)13-19-11-3-2-9-17(19)16-8-5-10-18(16)20/h4,6-7,12,16-17H,2-3,5,8-11,13H2,1H3. The predicted molar refractivity (Wildman–Crippen MR) is 81.6 cm³/mol. The van der Waals surface area contributed by atoms with Crippen LogP contribution in [-0.4, -0.2) is 23.3 Å². The summed E-state index contributed by atoms with van der Waals surface area (Å²) >= 11 is 0. The minimum absolute atomic E-state index is 0.320. The molecule has 1 saturated heterocycles. The van der Waals surface area contributed by atoms with Gasteiger partial charge in [-0.25, -0.2) is 0 Å². The number of aryl methyl sites for hydroxylation is 1. The van der Waals surface area contributed by atoms with Crippen LogP contribution in [0.25, 0.3) is 0 Å². The Morgan fingerprint density at radius 2 is 2.10 bits per heavy atom. The summed E-state index contributed by atoms with van der Waals surface area (Å²) in [6, 6.07) is 9.29. The highest BCUT2D eigenvalue weighted by molar-refractivity contribution is 5.83. The highest BCUT2D eigenvalue weighted by Crippen LogP contribution is 2.33. The van der Waals surface area contributed by atoms with Gasteiger partial charge in [0.05, 0.1) is 0 Å². The lowest BCUT2D eigenvalue weighted by molar-refractivity contribution is -0.123. The molecule has 108 valence electrons. The summed E-state index contributed by atoms with van der Waals surface area (Å²) in [4.78, 5) is 14.7. The van der Waals surface area contributed by atoms with Crippen molar-refractivity contribution in [2.45, 2.75) is 58.0 Å². The average Bonchev–Trinajstić information content (AvgIpc) is 2.86. The summed E-state index contributed by atoms with van der Waals surface area (Å²) in [6.07, 6.45) is 6.83. The number of piperidine rings is 1. The maximum Gasteiger partial charge on any atom is 0.137 e. The van der Waals surface area contributed by atoms with Crippen molar-refractivity contribution < 1.29 is 4.79 Å². The van der Waals surface area contributed by atoms with E-state index in [2.05, 4.69) is 36.1 Å². The molecule has 20 heavy (non-hydrogen) atoms. The average molecular weight is 271 g/mol. The van der Waals surface area contributed by atoms with E-state index in [1.165, 1.54) is 30.4 Å². The summed E-state index contributed by atoms with van der Waals surface area (Å²) in [7, 11) is 0. The Labute approximate surface area is 122 Å². The monoisotopic (exact) mass is 271 g/mol. The van der Waals surface area contributed by atoms with E-state index in [1.807, 2.05) is 0 Å². The van der Waals surface area contributed by atoms with E-state index in [4.69, 9.17) is 0 Å². The van der Waals surface area contributed by atoms with E-state index in [0.717, 1.165) is 32.4 Å². The number of nitrogens with zero attached hydrogens (tertiary/aromatic N) is 1. The van der Waals surface area contributed by atoms with E-state index >= 15 is 0 Å². The Hall–Kier alpha value is -1.15. The Morgan fingerprint density at radius 1 is 1.20 bits per heavy atom. The van der Waals surface area contributed by atoms with Crippen molar-refractivity contribution in [2.75, 3.05) is 6.54 Å². The number of hydrogen-bond donors (Lipinski definition) is 0. The highest BCUT2D eigenvalue weighted by Gasteiger charge is 2.36. The molecule has 3 rings (SSSR count). The van der Waals surface area contributed by atoms with Crippen LogP contribution in [0.15, 0.2) is 24.3 Å². The molecule has 0 N–H and O–H groups in total. The maximum absolute atomic E-state index is 12.1. The van der Waals surface area contributed by atoms with E-state index in [0.29, 0.717) is 17.7 Å². The zero-order chi connectivity index (χ0) is 13.9. The van der Waals surface area contributed by atoms with Crippen molar-refractivity contribution in [1.82, 2.24) is 4.90 Å². The minimum atomic E-state index is 0.320. The van der Waals surface area contributed by atoms with Crippen LogP contribution in [0.1, 0.15) is 49.7 Å². The first-order chi connectivity index (χ1) is 9.74. The molecule has 2 unspecified atom stereocenters.